The van der Waals surface area contributed by atoms with Crippen molar-refractivity contribution in [2.45, 2.75) is 18.6 Å². The topological polar surface area (TPSA) is 81.1 Å². The Morgan fingerprint density at radius 2 is 2.00 bits per heavy atom. The third-order valence-electron chi connectivity index (χ3n) is 5.33. The third kappa shape index (κ3) is 3.45. The number of nitrogens with zero attached hydrogens (tertiary/aromatic N) is 2. The number of pyridine rings is 1. The van der Waals surface area contributed by atoms with E-state index in [0.717, 1.165) is 10.8 Å². The summed E-state index contributed by atoms with van der Waals surface area (Å²) in [6.07, 6.45) is 2.93. The quantitative estimate of drug-likeness (QED) is 0.738. The van der Waals surface area contributed by atoms with Crippen LogP contribution in [0.1, 0.15) is 16.8 Å². The van der Waals surface area contributed by atoms with Gasteiger partial charge < -0.3 is 24.2 Å². The highest BCUT2D eigenvalue weighted by Gasteiger charge is 2.32. The maximum atomic E-state index is 12.8. The molecule has 3 aromatic rings. The minimum Gasteiger partial charge on any atom is -0.488 e. The summed E-state index contributed by atoms with van der Waals surface area (Å²) in [5.74, 6) is 1.75. The minimum atomic E-state index is -0.772. The Balaban J connectivity index is 1.25. The molecule has 0 saturated carbocycles. The summed E-state index contributed by atoms with van der Waals surface area (Å²) in [5, 5.41) is 12.7. The van der Waals surface area contributed by atoms with E-state index in [9.17, 15) is 9.90 Å². The van der Waals surface area contributed by atoms with Gasteiger partial charge in [0, 0.05) is 36.3 Å². The van der Waals surface area contributed by atoms with Crippen LogP contribution in [0.25, 0.3) is 10.8 Å². The van der Waals surface area contributed by atoms with E-state index in [1.54, 1.807) is 35.5 Å². The Kier molecular flexibility index (Phi) is 4.44. The number of benzene rings is 2. The third-order valence-corrected chi connectivity index (χ3v) is 5.33. The van der Waals surface area contributed by atoms with Gasteiger partial charge >= 0.3 is 0 Å². The van der Waals surface area contributed by atoms with Crippen LogP contribution in [0.4, 0.5) is 0 Å². The fourth-order valence-corrected chi connectivity index (χ4v) is 3.76. The number of fused-ring (bicyclic) bond motifs is 2. The van der Waals surface area contributed by atoms with Crippen molar-refractivity contribution in [1.29, 1.82) is 0 Å². The van der Waals surface area contributed by atoms with Crippen molar-refractivity contribution in [1.82, 2.24) is 9.88 Å². The van der Waals surface area contributed by atoms with Crippen molar-refractivity contribution in [3.8, 4) is 17.2 Å². The van der Waals surface area contributed by atoms with Crippen molar-refractivity contribution in [2.75, 3.05) is 19.9 Å². The number of carbonyl (C=O) groups is 1. The summed E-state index contributed by atoms with van der Waals surface area (Å²) >= 11 is 0. The first-order valence-corrected chi connectivity index (χ1v) is 9.55. The molecule has 2 aliphatic heterocycles. The predicted octanol–water partition coefficient (Wildman–Crippen LogP) is 2.62. The number of β-amino-alcohol motifs (C(OH)–C–C–N with tert-alkyl or cyclic N) is 1. The molecule has 0 aliphatic carbocycles. The van der Waals surface area contributed by atoms with Crippen LogP contribution in [0.3, 0.4) is 0 Å². The minimum absolute atomic E-state index is 0.141. The molecule has 2 aliphatic rings. The van der Waals surface area contributed by atoms with Crippen molar-refractivity contribution in [3.05, 3.63) is 60.4 Å². The second kappa shape index (κ2) is 7.25. The zero-order valence-electron chi connectivity index (χ0n) is 15.7. The second-order valence-corrected chi connectivity index (χ2v) is 7.22. The van der Waals surface area contributed by atoms with E-state index < -0.39 is 6.10 Å². The van der Waals surface area contributed by atoms with Gasteiger partial charge in [-0.25, -0.2) is 0 Å². The van der Waals surface area contributed by atoms with Gasteiger partial charge in [0.1, 0.15) is 18.0 Å². The molecule has 2 atom stereocenters. The average molecular weight is 392 g/mol. The van der Waals surface area contributed by atoms with Crippen LogP contribution in [0.5, 0.6) is 17.2 Å². The van der Waals surface area contributed by atoms with Crippen LogP contribution in [0.2, 0.25) is 0 Å². The first-order chi connectivity index (χ1) is 14.2. The lowest BCUT2D eigenvalue weighted by Crippen LogP contribution is -2.51. The standard InChI is InChI=1S/C22H20N2O5/c25-18-12-24(22(26)15-2-4-20-21(10-15)28-13-27-20)8-6-19(18)29-17-3-1-14-5-7-23-11-16(14)9-17/h1-5,7,9-11,18-19,25H,6,8,12-13H2/t18-,19-/m1/s1. The molecule has 0 bridgehead atoms. The van der Waals surface area contributed by atoms with Crippen LogP contribution in [-0.4, -0.2) is 53.0 Å². The lowest BCUT2D eigenvalue weighted by atomic mass is 10.0. The van der Waals surface area contributed by atoms with Crippen LogP contribution in [-0.2, 0) is 0 Å². The molecule has 1 aromatic heterocycles. The number of aliphatic hydroxyl groups is 1. The molecular weight excluding hydrogens is 372 g/mol. The molecule has 1 saturated heterocycles. The number of aromatic nitrogens is 1. The fraction of sp³-hybridized carbons (Fsp3) is 0.273. The number of rotatable bonds is 3. The molecular formula is C22H20N2O5. The summed E-state index contributed by atoms with van der Waals surface area (Å²) in [5.41, 5.74) is 0.517. The van der Waals surface area contributed by atoms with Gasteiger partial charge in [-0.1, -0.05) is 6.07 Å². The van der Waals surface area contributed by atoms with Gasteiger partial charge in [-0.15, -0.1) is 0 Å². The maximum absolute atomic E-state index is 12.8. The van der Waals surface area contributed by atoms with Gasteiger partial charge in [0.05, 0.1) is 6.54 Å². The number of likely N-dealkylation sites (tertiary alicyclic amines) is 1. The molecule has 2 aromatic carbocycles. The number of aliphatic hydroxyl groups excluding tert-OH is 1. The predicted molar refractivity (Wildman–Crippen MR) is 105 cm³/mol. The van der Waals surface area contributed by atoms with E-state index in [1.165, 1.54) is 0 Å². The summed E-state index contributed by atoms with van der Waals surface area (Å²) in [4.78, 5) is 18.6. The number of hydrogen-bond donors (Lipinski definition) is 1. The molecule has 7 heteroatoms. The lowest BCUT2D eigenvalue weighted by Gasteiger charge is -2.36. The largest absolute Gasteiger partial charge is 0.488 e. The Morgan fingerprint density at radius 3 is 2.90 bits per heavy atom. The maximum Gasteiger partial charge on any atom is 0.254 e. The van der Waals surface area contributed by atoms with Crippen LogP contribution < -0.4 is 14.2 Å². The van der Waals surface area contributed by atoms with E-state index >= 15 is 0 Å². The number of ether oxygens (including phenoxy) is 3. The van der Waals surface area contributed by atoms with Crippen molar-refractivity contribution < 1.29 is 24.1 Å². The van der Waals surface area contributed by atoms with Gasteiger partial charge in [-0.2, -0.15) is 0 Å². The first kappa shape index (κ1) is 17.8. The number of carbonyl (C=O) groups excluding carboxylic acids is 1. The van der Waals surface area contributed by atoms with E-state index in [4.69, 9.17) is 14.2 Å². The SMILES string of the molecule is O=C(c1ccc2c(c1)OCO2)N1CC[C@@H](Oc2ccc3ccncc3c2)[C@H](O)C1. The highest BCUT2D eigenvalue weighted by atomic mass is 16.7. The van der Waals surface area contributed by atoms with Gasteiger partial charge in [0.15, 0.2) is 11.5 Å². The van der Waals surface area contributed by atoms with Crippen molar-refractivity contribution in [3.63, 3.8) is 0 Å². The zero-order valence-corrected chi connectivity index (χ0v) is 15.7. The zero-order chi connectivity index (χ0) is 19.8. The lowest BCUT2D eigenvalue weighted by molar-refractivity contribution is -0.0198. The fourth-order valence-electron chi connectivity index (χ4n) is 3.76. The van der Waals surface area contributed by atoms with E-state index in [1.807, 2.05) is 24.3 Å². The molecule has 148 valence electrons. The summed E-state index contributed by atoms with van der Waals surface area (Å²) in [6, 6.07) is 12.8. The van der Waals surface area contributed by atoms with Gasteiger partial charge in [0.25, 0.3) is 5.91 Å². The average Bonchev–Trinajstić information content (AvgIpc) is 3.22. The Bertz CT molecular complexity index is 1070. The van der Waals surface area contributed by atoms with Crippen LogP contribution in [0, 0.1) is 0 Å². The van der Waals surface area contributed by atoms with Crippen molar-refractivity contribution >= 4 is 16.7 Å². The Morgan fingerprint density at radius 1 is 1.10 bits per heavy atom. The highest BCUT2D eigenvalue weighted by molar-refractivity contribution is 5.95. The first-order valence-electron chi connectivity index (χ1n) is 9.55. The molecule has 1 amide bonds. The molecule has 29 heavy (non-hydrogen) atoms. The number of hydrogen-bond acceptors (Lipinski definition) is 6. The van der Waals surface area contributed by atoms with E-state index in [-0.39, 0.29) is 25.3 Å². The van der Waals surface area contributed by atoms with E-state index in [0.29, 0.717) is 35.8 Å². The van der Waals surface area contributed by atoms with Crippen LogP contribution >= 0.6 is 0 Å². The van der Waals surface area contributed by atoms with Gasteiger partial charge in [-0.3, -0.25) is 9.78 Å². The Hall–Kier alpha value is -3.32. The monoisotopic (exact) mass is 392 g/mol. The molecule has 3 heterocycles. The van der Waals surface area contributed by atoms with Gasteiger partial charge in [0.2, 0.25) is 6.79 Å². The molecule has 1 fully saturated rings. The normalized spacial score (nSPS) is 20.7. The summed E-state index contributed by atoms with van der Waals surface area (Å²) < 4.78 is 16.6. The smallest absolute Gasteiger partial charge is 0.254 e. The van der Waals surface area contributed by atoms with Crippen LogP contribution in [0.15, 0.2) is 54.9 Å². The molecule has 7 nitrogen and oxygen atoms in total. The number of piperidine rings is 1. The molecule has 0 spiro atoms. The second-order valence-electron chi connectivity index (χ2n) is 7.22. The summed E-state index contributed by atoms with van der Waals surface area (Å²) in [6.45, 7) is 0.885. The molecule has 1 N–H and O–H groups in total. The van der Waals surface area contributed by atoms with Gasteiger partial charge in [-0.05, 0) is 41.8 Å². The molecule has 0 unspecified atom stereocenters. The van der Waals surface area contributed by atoms with E-state index in [2.05, 4.69) is 4.98 Å². The number of amides is 1. The highest BCUT2D eigenvalue weighted by Crippen LogP contribution is 2.33. The Labute approximate surface area is 167 Å². The summed E-state index contributed by atoms with van der Waals surface area (Å²) in [7, 11) is 0. The molecule has 0 radical (unpaired) electrons. The van der Waals surface area contributed by atoms with Crippen molar-refractivity contribution in [2.24, 2.45) is 0 Å². The molecule has 5 rings (SSSR count).